The van der Waals surface area contributed by atoms with Crippen LogP contribution in [0.3, 0.4) is 0 Å². The normalized spacial score (nSPS) is 11.2. The van der Waals surface area contributed by atoms with Crippen molar-refractivity contribution in [2.45, 2.75) is 6.18 Å². The number of ether oxygens (including phenoxy) is 1. The molecule has 0 aliphatic rings. The lowest BCUT2D eigenvalue weighted by Gasteiger charge is -2.17. The molecule has 1 heterocycles. The molecule has 1 amide bonds. The summed E-state index contributed by atoms with van der Waals surface area (Å²) in [5, 5.41) is 6.55. The predicted molar refractivity (Wildman–Crippen MR) is 80.5 cm³/mol. The molecule has 0 spiro atoms. The Balaban J connectivity index is 2.29. The van der Waals surface area contributed by atoms with E-state index in [1.165, 1.54) is 20.2 Å². The third kappa shape index (κ3) is 3.79. The van der Waals surface area contributed by atoms with Gasteiger partial charge in [0, 0.05) is 11.5 Å². The standard InChI is InChI=1S/C14H11BrF3N3O2/c1-21(12-6-5-11(19-20-12)14(16,17)18)13(22)9-7-8(23-2)3-4-10(9)15/h3-7H,1-2H3. The molecule has 0 aliphatic carbocycles. The van der Waals surface area contributed by atoms with E-state index in [0.717, 1.165) is 17.0 Å². The number of halogens is 4. The van der Waals surface area contributed by atoms with Crippen molar-refractivity contribution >= 4 is 27.7 Å². The highest BCUT2D eigenvalue weighted by Gasteiger charge is 2.33. The number of nitrogens with zero attached hydrogens (tertiary/aromatic N) is 3. The summed E-state index contributed by atoms with van der Waals surface area (Å²) in [6, 6.07) is 6.67. The van der Waals surface area contributed by atoms with Crippen molar-refractivity contribution in [2.75, 3.05) is 19.1 Å². The van der Waals surface area contributed by atoms with Crippen molar-refractivity contribution in [3.63, 3.8) is 0 Å². The molecule has 0 unspecified atom stereocenters. The molecular formula is C14H11BrF3N3O2. The number of benzene rings is 1. The molecule has 9 heteroatoms. The average molecular weight is 390 g/mol. The number of rotatable bonds is 3. The van der Waals surface area contributed by atoms with E-state index >= 15 is 0 Å². The second kappa shape index (κ2) is 6.53. The Kier molecular flexibility index (Phi) is 4.88. The zero-order valence-corrected chi connectivity index (χ0v) is 13.6. The quantitative estimate of drug-likeness (QED) is 0.805. The van der Waals surface area contributed by atoms with Gasteiger partial charge in [-0.25, -0.2) is 0 Å². The van der Waals surface area contributed by atoms with E-state index in [4.69, 9.17) is 4.74 Å². The van der Waals surface area contributed by atoms with Crippen LogP contribution in [-0.4, -0.2) is 30.3 Å². The molecule has 23 heavy (non-hydrogen) atoms. The highest BCUT2D eigenvalue weighted by atomic mass is 79.9. The van der Waals surface area contributed by atoms with Crippen molar-refractivity contribution in [3.8, 4) is 5.75 Å². The maximum Gasteiger partial charge on any atom is 0.435 e. The van der Waals surface area contributed by atoms with Gasteiger partial charge in [-0.05, 0) is 46.3 Å². The highest BCUT2D eigenvalue weighted by Crippen LogP contribution is 2.28. The molecule has 1 aromatic heterocycles. The van der Waals surface area contributed by atoms with Crippen LogP contribution < -0.4 is 9.64 Å². The van der Waals surface area contributed by atoms with Gasteiger partial charge in [-0.15, -0.1) is 10.2 Å². The lowest BCUT2D eigenvalue weighted by atomic mass is 10.2. The van der Waals surface area contributed by atoms with E-state index in [-0.39, 0.29) is 11.4 Å². The zero-order valence-electron chi connectivity index (χ0n) is 12.1. The van der Waals surface area contributed by atoms with Crippen LogP contribution >= 0.6 is 15.9 Å². The van der Waals surface area contributed by atoms with Crippen LogP contribution in [0.5, 0.6) is 5.75 Å². The van der Waals surface area contributed by atoms with Gasteiger partial charge in [-0.2, -0.15) is 13.2 Å². The zero-order chi connectivity index (χ0) is 17.2. The third-order valence-corrected chi connectivity index (χ3v) is 3.68. The van der Waals surface area contributed by atoms with Crippen molar-refractivity contribution in [1.29, 1.82) is 0 Å². The predicted octanol–water partition coefficient (Wildman–Crippen LogP) is 3.54. The summed E-state index contributed by atoms with van der Waals surface area (Å²) in [4.78, 5) is 13.6. The minimum atomic E-state index is -4.58. The molecule has 5 nitrogen and oxygen atoms in total. The lowest BCUT2D eigenvalue weighted by Crippen LogP contribution is -2.28. The number of amides is 1. The van der Waals surface area contributed by atoms with E-state index in [9.17, 15) is 18.0 Å². The van der Waals surface area contributed by atoms with Crippen LogP contribution in [-0.2, 0) is 6.18 Å². The van der Waals surface area contributed by atoms with Crippen LogP contribution in [0, 0.1) is 0 Å². The van der Waals surface area contributed by atoms with Gasteiger partial charge in [0.2, 0.25) is 0 Å². The fraction of sp³-hybridized carbons (Fsp3) is 0.214. The fourth-order valence-electron chi connectivity index (χ4n) is 1.74. The number of hydrogen-bond donors (Lipinski definition) is 0. The van der Waals surface area contributed by atoms with Gasteiger partial charge in [0.15, 0.2) is 11.5 Å². The van der Waals surface area contributed by atoms with Crippen LogP contribution in [0.4, 0.5) is 19.0 Å². The van der Waals surface area contributed by atoms with Gasteiger partial charge in [0.05, 0.1) is 12.7 Å². The molecule has 1 aromatic carbocycles. The van der Waals surface area contributed by atoms with Gasteiger partial charge in [0.25, 0.3) is 5.91 Å². The fourth-order valence-corrected chi connectivity index (χ4v) is 2.15. The SMILES string of the molecule is COc1ccc(Br)c(C(=O)N(C)c2ccc(C(F)(F)F)nn2)c1. The summed E-state index contributed by atoms with van der Waals surface area (Å²) in [6.07, 6.45) is -4.58. The Bertz CT molecular complexity index is 720. The largest absolute Gasteiger partial charge is 0.497 e. The maximum absolute atomic E-state index is 12.5. The minimum absolute atomic E-state index is 0.00211. The lowest BCUT2D eigenvalue weighted by molar-refractivity contribution is -0.141. The molecule has 0 saturated heterocycles. The van der Waals surface area contributed by atoms with Gasteiger partial charge in [-0.3, -0.25) is 9.69 Å². The van der Waals surface area contributed by atoms with Crippen LogP contribution in [0.1, 0.15) is 16.1 Å². The van der Waals surface area contributed by atoms with Crippen LogP contribution in [0.15, 0.2) is 34.8 Å². The Labute approximate surface area is 138 Å². The van der Waals surface area contributed by atoms with Crippen molar-refractivity contribution < 1.29 is 22.7 Å². The maximum atomic E-state index is 12.5. The monoisotopic (exact) mass is 389 g/mol. The summed E-state index contributed by atoms with van der Waals surface area (Å²) in [6.45, 7) is 0. The van der Waals surface area contributed by atoms with Crippen LogP contribution in [0.2, 0.25) is 0 Å². The van der Waals surface area contributed by atoms with Crippen molar-refractivity contribution in [3.05, 3.63) is 46.1 Å². The number of methoxy groups -OCH3 is 1. The number of carbonyl (C=O) groups is 1. The van der Waals surface area contributed by atoms with E-state index in [0.29, 0.717) is 10.2 Å². The van der Waals surface area contributed by atoms with E-state index in [1.54, 1.807) is 12.1 Å². The molecule has 0 aliphatic heterocycles. The third-order valence-electron chi connectivity index (χ3n) is 2.99. The van der Waals surface area contributed by atoms with E-state index in [1.807, 2.05) is 0 Å². The summed E-state index contributed by atoms with van der Waals surface area (Å²) in [5.74, 6) is 0.00556. The molecule has 0 atom stereocenters. The number of carbonyl (C=O) groups excluding carboxylic acids is 1. The molecule has 0 fully saturated rings. The molecule has 2 aromatic rings. The minimum Gasteiger partial charge on any atom is -0.497 e. The number of aromatic nitrogens is 2. The average Bonchev–Trinajstić information content (AvgIpc) is 2.53. The summed E-state index contributed by atoms with van der Waals surface area (Å²) >= 11 is 3.25. The molecule has 0 bridgehead atoms. The van der Waals surface area contributed by atoms with Crippen LogP contribution in [0.25, 0.3) is 0 Å². The summed E-state index contributed by atoms with van der Waals surface area (Å²) in [5.41, 5.74) is -0.835. The smallest absolute Gasteiger partial charge is 0.435 e. The second-order valence-corrected chi connectivity index (χ2v) is 5.34. The number of alkyl halides is 3. The molecule has 0 saturated carbocycles. The topological polar surface area (TPSA) is 55.3 Å². The Morgan fingerprint density at radius 1 is 1.22 bits per heavy atom. The Morgan fingerprint density at radius 2 is 1.91 bits per heavy atom. The van der Waals surface area contributed by atoms with E-state index < -0.39 is 17.8 Å². The summed E-state index contributed by atoms with van der Waals surface area (Å²) in [7, 11) is 2.86. The summed E-state index contributed by atoms with van der Waals surface area (Å²) < 4.78 is 43.0. The first kappa shape index (κ1) is 17.2. The van der Waals surface area contributed by atoms with Gasteiger partial charge in [-0.1, -0.05) is 0 Å². The molecule has 2 rings (SSSR count). The highest BCUT2D eigenvalue weighted by molar-refractivity contribution is 9.10. The molecule has 0 radical (unpaired) electrons. The number of anilines is 1. The molecular weight excluding hydrogens is 379 g/mol. The first-order valence-electron chi connectivity index (χ1n) is 6.26. The first-order chi connectivity index (χ1) is 10.7. The second-order valence-electron chi connectivity index (χ2n) is 4.48. The van der Waals surface area contributed by atoms with E-state index in [2.05, 4.69) is 26.1 Å². The first-order valence-corrected chi connectivity index (χ1v) is 7.06. The number of hydrogen-bond acceptors (Lipinski definition) is 4. The molecule has 0 N–H and O–H groups in total. The van der Waals surface area contributed by atoms with Crippen molar-refractivity contribution in [2.24, 2.45) is 0 Å². The Hall–Kier alpha value is -2.16. The molecule has 122 valence electrons. The van der Waals surface area contributed by atoms with Crippen molar-refractivity contribution in [1.82, 2.24) is 10.2 Å². The Morgan fingerprint density at radius 3 is 2.43 bits per heavy atom. The van der Waals surface area contributed by atoms with Gasteiger partial charge in [0.1, 0.15) is 5.75 Å². The van der Waals surface area contributed by atoms with Gasteiger partial charge < -0.3 is 4.74 Å². The van der Waals surface area contributed by atoms with Gasteiger partial charge >= 0.3 is 6.18 Å².